The Labute approximate surface area is 241 Å². The van der Waals surface area contributed by atoms with Crippen LogP contribution in [0, 0.1) is 0 Å². The highest BCUT2D eigenvalue weighted by Crippen LogP contribution is 2.21. The van der Waals surface area contributed by atoms with E-state index in [1.807, 2.05) is 60.7 Å². The van der Waals surface area contributed by atoms with E-state index in [0.717, 1.165) is 37.6 Å². The number of ether oxygens (including phenoxy) is 4. The molecule has 4 aromatic rings. The minimum atomic E-state index is 0. The van der Waals surface area contributed by atoms with Crippen molar-refractivity contribution < 1.29 is 18.9 Å². The van der Waals surface area contributed by atoms with Crippen LogP contribution < -0.4 is 9.47 Å². The van der Waals surface area contributed by atoms with Gasteiger partial charge in [-0.2, -0.15) is 0 Å². The molecule has 0 radical (unpaired) electrons. The zero-order chi connectivity index (χ0) is 26.4. The Bertz CT molecular complexity index is 1070. The first-order chi connectivity index (χ1) is 18.7. The minimum Gasteiger partial charge on any atom is -0.491 e. The number of epoxide rings is 2. The quantitative estimate of drug-likeness (QED) is 0.198. The summed E-state index contributed by atoms with van der Waals surface area (Å²) in [4.78, 5) is 0. The molecule has 6 rings (SSSR count). The maximum atomic E-state index is 5.40. The average molecular weight is 543 g/mol. The van der Waals surface area contributed by atoms with Crippen molar-refractivity contribution in [2.45, 2.75) is 53.8 Å². The van der Waals surface area contributed by atoms with Gasteiger partial charge in [0.15, 0.2) is 0 Å². The van der Waals surface area contributed by atoms with Gasteiger partial charge in [0, 0.05) is 0 Å². The second kappa shape index (κ2) is 17.9. The molecule has 2 heterocycles. The molecule has 0 amide bonds. The molecule has 2 unspecified atom stereocenters. The smallest absolute Gasteiger partial charge is 0.119 e. The molecular formula is C36H46O4. The normalized spacial score (nSPS) is 15.8. The molecular weight excluding hydrogens is 496 g/mol. The van der Waals surface area contributed by atoms with E-state index in [1.54, 1.807) is 0 Å². The van der Waals surface area contributed by atoms with Gasteiger partial charge in [0.2, 0.25) is 0 Å². The highest BCUT2D eigenvalue weighted by atomic mass is 16.6. The maximum Gasteiger partial charge on any atom is 0.119 e. The van der Waals surface area contributed by atoms with Gasteiger partial charge in [-0.1, -0.05) is 114 Å². The van der Waals surface area contributed by atoms with Crippen LogP contribution in [0.3, 0.4) is 0 Å². The van der Waals surface area contributed by atoms with Crippen LogP contribution in [0.5, 0.6) is 11.5 Å². The van der Waals surface area contributed by atoms with Crippen molar-refractivity contribution in [1.29, 1.82) is 0 Å². The van der Waals surface area contributed by atoms with Gasteiger partial charge in [0.25, 0.3) is 0 Å². The standard InChI is InChI=1S/C16H18.2C9H10O2.2CH4/c1-3-13-5-9-15(10-6-13)16-11-7-14(4-2)8-12-16;2*1-2-4-8(5-3-1)10-6-9-7-11-9;;/h5-12H,3-4H2,1-2H3;2*1-5,9H,6-7H2;2*1H4. The molecule has 0 aromatic heterocycles. The lowest BCUT2D eigenvalue weighted by Gasteiger charge is -2.04. The first kappa shape index (κ1) is 32.6. The lowest BCUT2D eigenvalue weighted by molar-refractivity contribution is 0.263. The topological polar surface area (TPSA) is 43.5 Å². The maximum absolute atomic E-state index is 5.40. The van der Waals surface area contributed by atoms with Crippen molar-refractivity contribution in [2.75, 3.05) is 26.4 Å². The van der Waals surface area contributed by atoms with Crippen LogP contribution in [-0.4, -0.2) is 38.6 Å². The van der Waals surface area contributed by atoms with Crippen LogP contribution in [0.4, 0.5) is 0 Å². The van der Waals surface area contributed by atoms with Crippen molar-refractivity contribution >= 4 is 0 Å². The van der Waals surface area contributed by atoms with Crippen molar-refractivity contribution in [3.05, 3.63) is 120 Å². The van der Waals surface area contributed by atoms with Gasteiger partial charge in [0.05, 0.1) is 13.2 Å². The summed E-state index contributed by atoms with van der Waals surface area (Å²) in [6.07, 6.45) is 2.90. The first-order valence-corrected chi connectivity index (χ1v) is 13.5. The van der Waals surface area contributed by atoms with Crippen LogP contribution in [0.2, 0.25) is 0 Å². The molecule has 4 aromatic carbocycles. The van der Waals surface area contributed by atoms with Crippen molar-refractivity contribution in [2.24, 2.45) is 0 Å². The van der Waals surface area contributed by atoms with E-state index in [-0.39, 0.29) is 14.9 Å². The Morgan fingerprint density at radius 1 is 0.525 bits per heavy atom. The van der Waals surface area contributed by atoms with Gasteiger partial charge in [0.1, 0.15) is 36.9 Å². The SMILES string of the molecule is C.C.CCc1ccc(-c2ccc(CC)cc2)cc1.c1ccc(OCC2CO2)cc1.c1ccc(OCC2CO2)cc1. The Morgan fingerprint density at radius 2 is 0.850 bits per heavy atom. The van der Waals surface area contributed by atoms with E-state index in [9.17, 15) is 0 Å². The van der Waals surface area contributed by atoms with Crippen LogP contribution in [0.25, 0.3) is 11.1 Å². The molecule has 4 nitrogen and oxygen atoms in total. The van der Waals surface area contributed by atoms with Crippen LogP contribution >= 0.6 is 0 Å². The summed E-state index contributed by atoms with van der Waals surface area (Å²) in [5.74, 6) is 1.84. The molecule has 0 N–H and O–H groups in total. The number of rotatable bonds is 9. The number of hydrogen-bond acceptors (Lipinski definition) is 4. The van der Waals surface area contributed by atoms with E-state index in [0.29, 0.717) is 25.4 Å². The molecule has 2 atom stereocenters. The highest BCUT2D eigenvalue weighted by molar-refractivity contribution is 5.63. The van der Waals surface area contributed by atoms with Gasteiger partial charge in [-0.25, -0.2) is 0 Å². The second-order valence-corrected chi connectivity index (χ2v) is 9.26. The third kappa shape index (κ3) is 12.1. The van der Waals surface area contributed by atoms with E-state index in [1.165, 1.54) is 22.3 Å². The fourth-order valence-electron chi connectivity index (χ4n) is 3.61. The van der Waals surface area contributed by atoms with Crippen molar-refractivity contribution in [3.63, 3.8) is 0 Å². The van der Waals surface area contributed by atoms with Crippen molar-refractivity contribution in [3.8, 4) is 22.6 Å². The summed E-state index contributed by atoms with van der Waals surface area (Å²) >= 11 is 0. The predicted octanol–water partition coefficient (Wildman–Crippen LogP) is 8.68. The summed E-state index contributed by atoms with van der Waals surface area (Å²) < 4.78 is 20.8. The molecule has 0 spiro atoms. The molecule has 214 valence electrons. The van der Waals surface area contributed by atoms with Crippen LogP contribution in [0.15, 0.2) is 109 Å². The number of benzene rings is 4. The molecule has 2 aliphatic rings. The van der Waals surface area contributed by atoms with E-state index >= 15 is 0 Å². The zero-order valence-electron chi connectivity index (χ0n) is 22.4. The van der Waals surface area contributed by atoms with E-state index in [4.69, 9.17) is 18.9 Å². The molecule has 4 heteroatoms. The number of aryl methyl sites for hydroxylation is 2. The zero-order valence-corrected chi connectivity index (χ0v) is 22.4. The average Bonchev–Trinajstić information content (AvgIpc) is 3.93. The van der Waals surface area contributed by atoms with E-state index < -0.39 is 0 Å². The van der Waals surface area contributed by atoms with Gasteiger partial charge < -0.3 is 18.9 Å². The van der Waals surface area contributed by atoms with Crippen LogP contribution in [-0.2, 0) is 22.3 Å². The molecule has 2 fully saturated rings. The Morgan fingerprint density at radius 3 is 1.12 bits per heavy atom. The molecule has 0 bridgehead atoms. The lowest BCUT2D eigenvalue weighted by atomic mass is 10.0. The third-order valence-electron chi connectivity index (χ3n) is 6.22. The molecule has 2 saturated heterocycles. The first-order valence-electron chi connectivity index (χ1n) is 13.5. The lowest BCUT2D eigenvalue weighted by Crippen LogP contribution is -2.03. The van der Waals surface area contributed by atoms with Gasteiger partial charge >= 0.3 is 0 Å². The number of hydrogen-bond donors (Lipinski definition) is 0. The third-order valence-corrected chi connectivity index (χ3v) is 6.22. The fraction of sp³-hybridized carbons (Fsp3) is 0.333. The molecule has 40 heavy (non-hydrogen) atoms. The summed E-state index contributed by atoms with van der Waals surface area (Å²) in [5, 5.41) is 0. The molecule has 0 aliphatic carbocycles. The Kier molecular flexibility index (Phi) is 14.6. The number of para-hydroxylation sites is 2. The fourth-order valence-corrected chi connectivity index (χ4v) is 3.61. The minimum absolute atomic E-state index is 0. The summed E-state index contributed by atoms with van der Waals surface area (Å²) in [6.45, 7) is 7.45. The highest BCUT2D eigenvalue weighted by Gasteiger charge is 2.23. The monoisotopic (exact) mass is 542 g/mol. The summed E-state index contributed by atoms with van der Waals surface area (Å²) in [7, 11) is 0. The Hall–Kier alpha value is -3.60. The molecule has 2 aliphatic heterocycles. The van der Waals surface area contributed by atoms with E-state index in [2.05, 4.69) is 62.4 Å². The van der Waals surface area contributed by atoms with Gasteiger partial charge in [-0.05, 0) is 59.4 Å². The van der Waals surface area contributed by atoms with Gasteiger partial charge in [-0.15, -0.1) is 0 Å². The van der Waals surface area contributed by atoms with Crippen molar-refractivity contribution in [1.82, 2.24) is 0 Å². The van der Waals surface area contributed by atoms with Crippen LogP contribution in [0.1, 0.15) is 39.8 Å². The second-order valence-electron chi connectivity index (χ2n) is 9.26. The van der Waals surface area contributed by atoms with Gasteiger partial charge in [-0.3, -0.25) is 0 Å². The summed E-state index contributed by atoms with van der Waals surface area (Å²) in [5.41, 5.74) is 5.41. The molecule has 0 saturated carbocycles. The summed E-state index contributed by atoms with van der Waals surface area (Å²) in [6, 6.07) is 37.3. The largest absolute Gasteiger partial charge is 0.491 e. The Balaban J connectivity index is 0.000000210. The predicted molar refractivity (Wildman–Crippen MR) is 167 cm³/mol.